The van der Waals surface area contributed by atoms with Crippen molar-refractivity contribution in [2.45, 2.75) is 0 Å². The summed E-state index contributed by atoms with van der Waals surface area (Å²) in [5.41, 5.74) is 0. The molecule has 0 spiro atoms. The molecule has 0 saturated heterocycles. The van der Waals surface area contributed by atoms with Crippen LogP contribution >= 0.6 is 0 Å². The zero-order chi connectivity index (χ0) is 0. The Kier molecular flexibility index (Phi) is 390. The smallest absolute Gasteiger partial charge is 2.00 e. The Morgan fingerprint density at radius 3 is 0.600 bits per heavy atom. The summed E-state index contributed by atoms with van der Waals surface area (Å²) in [5, 5.41) is 0. The van der Waals surface area contributed by atoms with Gasteiger partial charge in [-0.2, -0.15) is 0 Å². The fourth-order valence-electron chi connectivity index (χ4n) is 0. The van der Waals surface area contributed by atoms with Gasteiger partial charge in [0.2, 0.25) is 0 Å². The molecule has 5 heteroatoms. The summed E-state index contributed by atoms with van der Waals surface area (Å²) in [6.45, 7) is 0. The molecule has 0 saturated carbocycles. The van der Waals surface area contributed by atoms with Crippen LogP contribution in [-0.2, 0) is 63.4 Å². The van der Waals surface area contributed by atoms with Crippen LogP contribution in [0.4, 0.5) is 0 Å². The van der Waals surface area contributed by atoms with Gasteiger partial charge in [0.1, 0.15) is 0 Å². The van der Waals surface area contributed by atoms with Crippen molar-refractivity contribution >= 4 is 17.4 Å². The van der Waals surface area contributed by atoms with E-state index in [9.17, 15) is 0 Å². The number of hydrogen-bond acceptors (Lipinski definition) is 0. The van der Waals surface area contributed by atoms with E-state index >= 15 is 0 Å². The van der Waals surface area contributed by atoms with Gasteiger partial charge in [-0.25, -0.2) is 0 Å². The summed E-state index contributed by atoms with van der Waals surface area (Å²) in [6, 6.07) is 0. The maximum Gasteiger partial charge on any atom is 4.00 e. The minimum absolute atomic E-state index is 0. The van der Waals surface area contributed by atoms with Crippen LogP contribution in [0.15, 0.2) is 0 Å². The molecular weight excluding hydrogens is 241 g/mol. The first-order chi connectivity index (χ1) is 0. The maximum absolute atomic E-state index is 0. The van der Waals surface area contributed by atoms with Gasteiger partial charge in [-0.05, 0) is 0 Å². The molecule has 0 heterocycles. The van der Waals surface area contributed by atoms with Gasteiger partial charge in [0.25, 0.3) is 0 Å². The van der Waals surface area contributed by atoms with Crippen LogP contribution in [-0.4, -0.2) is 17.4 Å². The van der Waals surface area contributed by atoms with Crippen molar-refractivity contribution in [2.75, 3.05) is 0 Å². The van der Waals surface area contributed by atoms with Crippen LogP contribution in [0.2, 0.25) is 0 Å². The average molecular weight is 241 g/mol. The van der Waals surface area contributed by atoms with Crippen molar-refractivity contribution < 1.29 is 63.4 Å². The largest absolute Gasteiger partial charge is 4.00 e. The van der Waals surface area contributed by atoms with Crippen molar-refractivity contribution in [3.05, 3.63) is 0 Å². The molecule has 0 aromatic rings. The molecule has 0 fully saturated rings. The van der Waals surface area contributed by atoms with Crippen LogP contribution in [0.3, 0.4) is 0 Å². The Hall–Kier alpha value is 2.22. The van der Waals surface area contributed by atoms with Gasteiger partial charge in [-0.1, -0.05) is 0 Å². The molecule has 0 atom stereocenters. The zero-order valence-corrected chi connectivity index (χ0v) is 8.46. The Morgan fingerprint density at radius 1 is 0.600 bits per heavy atom. The van der Waals surface area contributed by atoms with Crippen LogP contribution in [0.5, 0.6) is 0 Å². The van der Waals surface area contributed by atoms with Crippen molar-refractivity contribution in [3.63, 3.8) is 0 Å². The SMILES string of the molecule is [Al+3].[O-2].[O-2].[Zr+4].[Zr+4]. The average Bonchev–Trinajstić information content (AvgIpc) is 0. The first-order valence-electron chi connectivity index (χ1n) is 0. The van der Waals surface area contributed by atoms with E-state index in [4.69, 9.17) is 0 Å². The fraction of sp³-hybridized carbons (Fsp3) is 0. The Balaban J connectivity index is 0. The molecule has 0 aliphatic carbocycles. The minimum Gasteiger partial charge on any atom is -2.00 e. The molecular formula is AlO2Zr2+7. The van der Waals surface area contributed by atoms with E-state index in [1.165, 1.54) is 0 Å². The molecule has 5 heavy (non-hydrogen) atoms. The third-order valence-corrected chi connectivity index (χ3v) is 0. The van der Waals surface area contributed by atoms with Gasteiger partial charge >= 0.3 is 69.8 Å². The van der Waals surface area contributed by atoms with Gasteiger partial charge in [0.15, 0.2) is 0 Å². The predicted molar refractivity (Wildman–Crippen MR) is 7.13 cm³/mol. The third kappa shape index (κ3) is 22.5. The Labute approximate surface area is 79.7 Å². The molecule has 2 nitrogen and oxygen atoms in total. The quantitative estimate of drug-likeness (QED) is 0.508. The number of hydrogen-bond donors (Lipinski definition) is 0. The third-order valence-electron chi connectivity index (χ3n) is 0. The van der Waals surface area contributed by atoms with E-state index in [0.717, 1.165) is 0 Å². The summed E-state index contributed by atoms with van der Waals surface area (Å²) in [5.74, 6) is 0. The first kappa shape index (κ1) is 56.7. The van der Waals surface area contributed by atoms with Gasteiger partial charge in [0.05, 0.1) is 0 Å². The second-order valence-electron chi connectivity index (χ2n) is 0. The van der Waals surface area contributed by atoms with E-state index < -0.39 is 0 Å². The van der Waals surface area contributed by atoms with Crippen LogP contribution in [0.1, 0.15) is 0 Å². The molecule has 0 amide bonds. The molecule has 0 unspecified atom stereocenters. The molecule has 0 aliphatic heterocycles. The number of rotatable bonds is 0. The summed E-state index contributed by atoms with van der Waals surface area (Å²) in [6.07, 6.45) is 0. The zero-order valence-electron chi connectivity index (χ0n) is 2.39. The van der Waals surface area contributed by atoms with E-state index in [2.05, 4.69) is 0 Å². The molecule has 0 aliphatic rings. The first-order valence-corrected chi connectivity index (χ1v) is 0. The standard InChI is InChI=1S/Al.2O.2Zr/q+3;2*-2;2*+4. The monoisotopic (exact) mass is 239 g/mol. The Morgan fingerprint density at radius 2 is 0.600 bits per heavy atom. The molecule has 0 N–H and O–H groups in total. The summed E-state index contributed by atoms with van der Waals surface area (Å²) in [4.78, 5) is 0. The maximum atomic E-state index is 0. The molecule has 0 rings (SSSR count). The molecule has 0 radical (unpaired) electrons. The normalized spacial score (nSPS) is 0. The fourth-order valence-corrected chi connectivity index (χ4v) is 0. The molecule has 0 aromatic heterocycles. The van der Waals surface area contributed by atoms with Crippen molar-refractivity contribution in [2.24, 2.45) is 0 Å². The summed E-state index contributed by atoms with van der Waals surface area (Å²) in [7, 11) is 0. The minimum atomic E-state index is 0. The topological polar surface area (TPSA) is 57.0 Å². The van der Waals surface area contributed by atoms with E-state index in [0.29, 0.717) is 0 Å². The van der Waals surface area contributed by atoms with E-state index in [1.54, 1.807) is 0 Å². The van der Waals surface area contributed by atoms with Crippen molar-refractivity contribution in [1.82, 2.24) is 0 Å². The van der Waals surface area contributed by atoms with Gasteiger partial charge in [-0.15, -0.1) is 0 Å². The second kappa shape index (κ2) is 34.4. The van der Waals surface area contributed by atoms with Gasteiger partial charge < -0.3 is 11.0 Å². The predicted octanol–water partition coefficient (Wildman–Crippen LogP) is -0.623. The molecule has 0 bridgehead atoms. The van der Waals surface area contributed by atoms with Crippen molar-refractivity contribution in [1.29, 1.82) is 0 Å². The molecule has 16 valence electrons. The summed E-state index contributed by atoms with van der Waals surface area (Å²) < 4.78 is 0. The van der Waals surface area contributed by atoms with Crippen LogP contribution < -0.4 is 0 Å². The van der Waals surface area contributed by atoms with Gasteiger partial charge in [-0.3, -0.25) is 0 Å². The van der Waals surface area contributed by atoms with Crippen LogP contribution in [0.25, 0.3) is 0 Å². The van der Waals surface area contributed by atoms with Crippen molar-refractivity contribution in [3.8, 4) is 0 Å². The van der Waals surface area contributed by atoms with E-state index in [1.807, 2.05) is 0 Å². The summed E-state index contributed by atoms with van der Waals surface area (Å²) >= 11 is 0. The second-order valence-corrected chi connectivity index (χ2v) is 0. The molecule has 0 aromatic carbocycles. The van der Waals surface area contributed by atoms with E-state index in [-0.39, 0.29) is 80.7 Å². The van der Waals surface area contributed by atoms with Gasteiger partial charge in [0, 0.05) is 0 Å². The van der Waals surface area contributed by atoms with Crippen LogP contribution in [0, 0.1) is 0 Å². The Bertz CT molecular complexity index is 7.61.